The highest BCUT2D eigenvalue weighted by Gasteiger charge is 2.31. The summed E-state index contributed by atoms with van der Waals surface area (Å²) in [6, 6.07) is 0. The Bertz CT molecular complexity index is 314. The second kappa shape index (κ2) is 4.09. The van der Waals surface area contributed by atoms with E-state index < -0.39 is 0 Å². The van der Waals surface area contributed by atoms with Gasteiger partial charge >= 0.3 is 5.97 Å². The summed E-state index contributed by atoms with van der Waals surface area (Å²) in [6.07, 6.45) is 4.72. The van der Waals surface area contributed by atoms with Gasteiger partial charge in [0.05, 0.1) is 5.70 Å². The molecule has 1 saturated heterocycles. The van der Waals surface area contributed by atoms with Crippen LogP contribution in [0.4, 0.5) is 0 Å². The minimum absolute atomic E-state index is 0.0897. The fourth-order valence-corrected chi connectivity index (χ4v) is 2.18. The van der Waals surface area contributed by atoms with Crippen molar-refractivity contribution < 1.29 is 9.53 Å². The molecular weight excluding hydrogens is 190 g/mol. The molecule has 2 rings (SSSR count). The first kappa shape index (κ1) is 10.3. The molecule has 0 aromatic heterocycles. The van der Waals surface area contributed by atoms with Gasteiger partial charge in [0.2, 0.25) is 0 Å². The number of cyclic esters (lactones) is 1. The van der Waals surface area contributed by atoms with Crippen LogP contribution in [-0.4, -0.2) is 30.1 Å². The normalized spacial score (nSPS) is 25.4. The van der Waals surface area contributed by atoms with Crippen molar-refractivity contribution in [1.82, 2.24) is 4.90 Å². The number of rotatable bonds is 3. The number of hydrogen-bond acceptors (Lipinski definition) is 3. The third-order valence-corrected chi connectivity index (χ3v) is 2.86. The van der Waals surface area contributed by atoms with Crippen LogP contribution in [-0.2, 0) is 9.53 Å². The Balaban J connectivity index is 2.08. The minimum Gasteiger partial charge on any atom is -0.452 e. The summed E-state index contributed by atoms with van der Waals surface area (Å²) in [4.78, 5) is 13.5. The van der Waals surface area contributed by atoms with Crippen molar-refractivity contribution in [2.45, 2.75) is 32.3 Å². The zero-order valence-corrected chi connectivity index (χ0v) is 9.16. The number of likely N-dealkylation sites (tertiary alicyclic amines) is 1. The van der Waals surface area contributed by atoms with Crippen LogP contribution in [0.5, 0.6) is 0 Å². The highest BCUT2D eigenvalue weighted by molar-refractivity contribution is 5.85. The van der Waals surface area contributed by atoms with Crippen LogP contribution in [0.15, 0.2) is 23.9 Å². The van der Waals surface area contributed by atoms with Crippen molar-refractivity contribution in [3.8, 4) is 0 Å². The summed E-state index contributed by atoms with van der Waals surface area (Å²) in [5.74, 6) is -0.205. The van der Waals surface area contributed by atoms with E-state index in [-0.39, 0.29) is 12.1 Å². The smallest absolute Gasteiger partial charge is 0.333 e. The summed E-state index contributed by atoms with van der Waals surface area (Å²) >= 11 is 0. The van der Waals surface area contributed by atoms with E-state index >= 15 is 0 Å². The molecule has 0 aromatic rings. The molecule has 2 aliphatic rings. The fraction of sp³-hybridized carbons (Fsp3) is 0.583. The van der Waals surface area contributed by atoms with Gasteiger partial charge in [-0.05, 0) is 19.8 Å². The molecule has 0 aromatic carbocycles. The van der Waals surface area contributed by atoms with Crippen molar-refractivity contribution >= 4 is 5.97 Å². The molecule has 2 heterocycles. The molecule has 82 valence electrons. The predicted molar refractivity (Wildman–Crippen MR) is 58.2 cm³/mol. The lowest BCUT2D eigenvalue weighted by molar-refractivity contribution is -0.138. The maximum atomic E-state index is 11.2. The molecule has 0 bridgehead atoms. The summed E-state index contributed by atoms with van der Waals surface area (Å²) in [5, 5.41) is 0. The van der Waals surface area contributed by atoms with Gasteiger partial charge in [-0.2, -0.15) is 0 Å². The standard InChI is InChI=1S/C12H17NO2/c1-9(2)7-11-10(8-12(14)15-11)13-5-3-4-6-13/h8,11H,1,3-7H2,2H3. The van der Waals surface area contributed by atoms with Crippen LogP contribution < -0.4 is 0 Å². The minimum atomic E-state index is -0.205. The van der Waals surface area contributed by atoms with E-state index in [1.807, 2.05) is 6.92 Å². The van der Waals surface area contributed by atoms with Crippen LogP contribution >= 0.6 is 0 Å². The maximum Gasteiger partial charge on any atom is 0.333 e. The number of nitrogens with zero attached hydrogens (tertiary/aromatic N) is 1. The summed E-state index contributed by atoms with van der Waals surface area (Å²) < 4.78 is 5.26. The van der Waals surface area contributed by atoms with Crippen molar-refractivity contribution in [1.29, 1.82) is 0 Å². The molecule has 0 saturated carbocycles. The van der Waals surface area contributed by atoms with E-state index in [0.717, 1.165) is 30.8 Å². The average Bonchev–Trinajstić information content (AvgIpc) is 2.72. The molecule has 0 N–H and O–H groups in total. The Labute approximate surface area is 90.4 Å². The van der Waals surface area contributed by atoms with Gasteiger partial charge in [0.15, 0.2) is 0 Å². The van der Waals surface area contributed by atoms with E-state index in [1.54, 1.807) is 6.08 Å². The van der Waals surface area contributed by atoms with Gasteiger partial charge in [0.25, 0.3) is 0 Å². The van der Waals surface area contributed by atoms with Crippen molar-refractivity contribution in [3.05, 3.63) is 23.9 Å². The van der Waals surface area contributed by atoms with Crippen LogP contribution in [0.1, 0.15) is 26.2 Å². The third-order valence-electron chi connectivity index (χ3n) is 2.86. The molecule has 3 nitrogen and oxygen atoms in total. The van der Waals surface area contributed by atoms with Gasteiger partial charge in [-0.25, -0.2) is 4.79 Å². The first-order chi connectivity index (χ1) is 7.16. The van der Waals surface area contributed by atoms with Gasteiger partial charge in [-0.1, -0.05) is 12.2 Å². The first-order valence-corrected chi connectivity index (χ1v) is 5.48. The number of ether oxygens (including phenoxy) is 1. The largest absolute Gasteiger partial charge is 0.452 e. The zero-order valence-electron chi connectivity index (χ0n) is 9.16. The van der Waals surface area contributed by atoms with Crippen molar-refractivity contribution in [2.24, 2.45) is 0 Å². The first-order valence-electron chi connectivity index (χ1n) is 5.48. The molecule has 2 aliphatic heterocycles. The van der Waals surface area contributed by atoms with E-state index in [9.17, 15) is 4.79 Å². The molecule has 1 atom stereocenters. The van der Waals surface area contributed by atoms with Crippen LogP contribution in [0.3, 0.4) is 0 Å². The second-order valence-electron chi connectivity index (χ2n) is 4.35. The van der Waals surface area contributed by atoms with Gasteiger partial charge in [-0.3, -0.25) is 0 Å². The molecule has 1 fully saturated rings. The molecule has 0 amide bonds. The number of hydrogen-bond donors (Lipinski definition) is 0. The lowest BCUT2D eigenvalue weighted by Crippen LogP contribution is -2.26. The quantitative estimate of drug-likeness (QED) is 0.522. The van der Waals surface area contributed by atoms with Crippen LogP contribution in [0.25, 0.3) is 0 Å². The summed E-state index contributed by atoms with van der Waals surface area (Å²) in [7, 11) is 0. The van der Waals surface area contributed by atoms with Crippen molar-refractivity contribution in [3.63, 3.8) is 0 Å². The summed E-state index contributed by atoms with van der Waals surface area (Å²) in [6.45, 7) is 7.94. The predicted octanol–water partition coefficient (Wildman–Crippen LogP) is 1.86. The van der Waals surface area contributed by atoms with Crippen LogP contribution in [0.2, 0.25) is 0 Å². The van der Waals surface area contributed by atoms with E-state index in [0.29, 0.717) is 0 Å². The maximum absolute atomic E-state index is 11.2. The molecule has 1 unspecified atom stereocenters. The highest BCUT2D eigenvalue weighted by atomic mass is 16.5. The Morgan fingerprint density at radius 3 is 2.87 bits per heavy atom. The number of carbonyl (C=O) groups is 1. The second-order valence-corrected chi connectivity index (χ2v) is 4.35. The fourth-order valence-electron chi connectivity index (χ4n) is 2.18. The van der Waals surface area contributed by atoms with Gasteiger partial charge < -0.3 is 9.64 Å². The molecular formula is C12H17NO2. The van der Waals surface area contributed by atoms with Gasteiger partial charge in [0.1, 0.15) is 6.10 Å². The summed E-state index contributed by atoms with van der Waals surface area (Å²) in [5.41, 5.74) is 2.11. The SMILES string of the molecule is C=C(C)CC1OC(=O)C=C1N1CCCC1. The lowest BCUT2D eigenvalue weighted by atomic mass is 10.1. The Morgan fingerprint density at radius 1 is 1.60 bits per heavy atom. The average molecular weight is 207 g/mol. The monoisotopic (exact) mass is 207 g/mol. The molecule has 15 heavy (non-hydrogen) atoms. The molecule has 3 heteroatoms. The lowest BCUT2D eigenvalue weighted by Gasteiger charge is -2.23. The van der Waals surface area contributed by atoms with Gasteiger partial charge in [0, 0.05) is 25.6 Å². The van der Waals surface area contributed by atoms with E-state index in [1.165, 1.54) is 12.8 Å². The molecule has 0 aliphatic carbocycles. The molecule has 0 spiro atoms. The van der Waals surface area contributed by atoms with E-state index in [4.69, 9.17) is 4.74 Å². The number of carbonyl (C=O) groups excluding carboxylic acids is 1. The third kappa shape index (κ3) is 2.22. The highest BCUT2D eigenvalue weighted by Crippen LogP contribution is 2.27. The Hall–Kier alpha value is -1.25. The van der Waals surface area contributed by atoms with E-state index in [2.05, 4.69) is 11.5 Å². The number of esters is 1. The Morgan fingerprint density at radius 2 is 2.27 bits per heavy atom. The molecule has 0 radical (unpaired) electrons. The zero-order chi connectivity index (χ0) is 10.8. The van der Waals surface area contributed by atoms with Crippen LogP contribution in [0, 0.1) is 0 Å². The van der Waals surface area contributed by atoms with Crippen molar-refractivity contribution in [2.75, 3.05) is 13.1 Å². The Kier molecular flexibility index (Phi) is 2.80. The topological polar surface area (TPSA) is 29.5 Å². The van der Waals surface area contributed by atoms with Gasteiger partial charge in [-0.15, -0.1) is 0 Å².